The van der Waals surface area contributed by atoms with Gasteiger partial charge < -0.3 is 16.0 Å². The van der Waals surface area contributed by atoms with Gasteiger partial charge in [-0.3, -0.25) is 19.3 Å². The van der Waals surface area contributed by atoms with Gasteiger partial charge in [0.2, 0.25) is 5.91 Å². The zero-order chi connectivity index (χ0) is 18.6. The summed E-state index contributed by atoms with van der Waals surface area (Å²) < 4.78 is 0. The number of nitrogens with one attached hydrogen (secondary N) is 3. The molecular weight excluding hydrogens is 324 g/mol. The van der Waals surface area contributed by atoms with Crippen molar-refractivity contribution in [2.24, 2.45) is 5.92 Å². The highest BCUT2D eigenvalue weighted by Crippen LogP contribution is 2.15. The lowest BCUT2D eigenvalue weighted by molar-refractivity contribution is -0.131. The second kappa shape index (κ2) is 7.78. The average Bonchev–Trinajstić information content (AvgIpc) is 2.81. The van der Waals surface area contributed by atoms with Crippen molar-refractivity contribution in [3.8, 4) is 0 Å². The Morgan fingerprint density at radius 3 is 2.40 bits per heavy atom. The third kappa shape index (κ3) is 4.56. The van der Waals surface area contributed by atoms with Gasteiger partial charge >= 0.3 is 6.03 Å². The largest absolute Gasteiger partial charge is 0.355 e. The van der Waals surface area contributed by atoms with E-state index in [1.165, 1.54) is 7.05 Å². The lowest BCUT2D eigenvalue weighted by atomic mass is 10.0. The van der Waals surface area contributed by atoms with Crippen molar-refractivity contribution < 1.29 is 19.2 Å². The summed E-state index contributed by atoms with van der Waals surface area (Å²) in [6, 6.07) is 5.17. The van der Waals surface area contributed by atoms with Crippen molar-refractivity contribution in [2.75, 3.05) is 18.9 Å². The lowest BCUT2D eigenvalue weighted by Gasteiger charge is -2.14. The van der Waals surface area contributed by atoms with E-state index in [1.54, 1.807) is 24.3 Å². The third-order valence-electron chi connectivity index (χ3n) is 3.77. The highest BCUT2D eigenvalue weighted by Gasteiger charge is 2.38. The monoisotopic (exact) mass is 346 g/mol. The quantitative estimate of drug-likeness (QED) is 0.667. The number of hydrogen-bond acceptors (Lipinski definition) is 4. The molecule has 1 unspecified atom stereocenters. The number of urea groups is 1. The number of benzene rings is 1. The van der Waals surface area contributed by atoms with Crippen molar-refractivity contribution in [3.63, 3.8) is 0 Å². The Kier molecular flexibility index (Phi) is 5.74. The van der Waals surface area contributed by atoms with Crippen LogP contribution in [0, 0.1) is 5.92 Å². The SMILES string of the molecule is CNC(=O)c1ccc(NC(=O)CN2C(=O)NC(CC(C)C)C2=O)cc1. The molecule has 1 aromatic carbocycles. The molecule has 25 heavy (non-hydrogen) atoms. The molecule has 0 aliphatic carbocycles. The van der Waals surface area contributed by atoms with Gasteiger partial charge in [-0.05, 0) is 36.6 Å². The summed E-state index contributed by atoms with van der Waals surface area (Å²) in [6.45, 7) is 3.56. The Labute approximate surface area is 145 Å². The van der Waals surface area contributed by atoms with E-state index in [4.69, 9.17) is 0 Å². The van der Waals surface area contributed by atoms with Gasteiger partial charge in [0.15, 0.2) is 0 Å². The molecule has 8 nitrogen and oxygen atoms in total. The number of imide groups is 1. The Morgan fingerprint density at radius 1 is 1.20 bits per heavy atom. The molecule has 0 saturated carbocycles. The number of carbonyl (C=O) groups is 4. The summed E-state index contributed by atoms with van der Waals surface area (Å²) in [6.07, 6.45) is 0.531. The Balaban J connectivity index is 1.95. The second-order valence-electron chi connectivity index (χ2n) is 6.26. The molecule has 8 heteroatoms. The van der Waals surface area contributed by atoms with Crippen molar-refractivity contribution >= 4 is 29.4 Å². The first-order chi connectivity index (χ1) is 11.8. The molecule has 1 atom stereocenters. The molecule has 0 spiro atoms. The number of rotatable bonds is 6. The highest BCUT2D eigenvalue weighted by molar-refractivity contribution is 6.08. The topological polar surface area (TPSA) is 108 Å². The van der Waals surface area contributed by atoms with Crippen molar-refractivity contribution in [2.45, 2.75) is 26.3 Å². The van der Waals surface area contributed by atoms with Gasteiger partial charge in [0.05, 0.1) is 0 Å². The summed E-state index contributed by atoms with van der Waals surface area (Å²) in [5.41, 5.74) is 0.939. The van der Waals surface area contributed by atoms with Gasteiger partial charge in [-0.1, -0.05) is 13.8 Å². The maximum absolute atomic E-state index is 12.2. The molecule has 0 bridgehead atoms. The minimum Gasteiger partial charge on any atom is -0.355 e. The predicted octanol–water partition coefficient (Wildman–Crippen LogP) is 0.951. The standard InChI is InChI=1S/C17H22N4O4/c1-10(2)8-13-16(24)21(17(25)20-13)9-14(22)19-12-6-4-11(5-7-12)15(23)18-3/h4-7,10,13H,8-9H2,1-3H3,(H,18,23)(H,19,22)(H,20,25). The number of carbonyl (C=O) groups excluding carboxylic acids is 4. The number of nitrogens with zero attached hydrogens (tertiary/aromatic N) is 1. The molecular formula is C17H22N4O4. The lowest BCUT2D eigenvalue weighted by Crippen LogP contribution is -2.38. The summed E-state index contributed by atoms with van der Waals surface area (Å²) in [5, 5.41) is 7.70. The minimum absolute atomic E-state index is 0.228. The number of amides is 5. The second-order valence-corrected chi connectivity index (χ2v) is 6.26. The average molecular weight is 346 g/mol. The van der Waals surface area contributed by atoms with Gasteiger partial charge in [-0.25, -0.2) is 4.79 Å². The molecule has 1 aliphatic heterocycles. The molecule has 134 valence electrons. The van der Waals surface area contributed by atoms with Crippen LogP contribution >= 0.6 is 0 Å². The summed E-state index contributed by atoms with van der Waals surface area (Å²) in [4.78, 5) is 48.6. The van der Waals surface area contributed by atoms with Crippen LogP contribution in [0.15, 0.2) is 24.3 Å². The summed E-state index contributed by atoms with van der Waals surface area (Å²) >= 11 is 0. The first-order valence-corrected chi connectivity index (χ1v) is 8.05. The van der Waals surface area contributed by atoms with Crippen LogP contribution in [0.25, 0.3) is 0 Å². The van der Waals surface area contributed by atoms with Gasteiger partial charge in [-0.15, -0.1) is 0 Å². The smallest absolute Gasteiger partial charge is 0.325 e. The van der Waals surface area contributed by atoms with E-state index in [9.17, 15) is 19.2 Å². The fourth-order valence-corrected chi connectivity index (χ4v) is 2.55. The Morgan fingerprint density at radius 2 is 1.84 bits per heavy atom. The van der Waals surface area contributed by atoms with Gasteiger partial charge in [0.1, 0.15) is 12.6 Å². The van der Waals surface area contributed by atoms with Gasteiger partial charge in [0.25, 0.3) is 11.8 Å². The molecule has 2 rings (SSSR count). The van der Waals surface area contributed by atoms with E-state index >= 15 is 0 Å². The molecule has 1 fully saturated rings. The zero-order valence-corrected chi connectivity index (χ0v) is 14.5. The fourth-order valence-electron chi connectivity index (χ4n) is 2.55. The van der Waals surface area contributed by atoms with Crippen LogP contribution in [0.1, 0.15) is 30.6 Å². The predicted molar refractivity (Wildman–Crippen MR) is 91.9 cm³/mol. The highest BCUT2D eigenvalue weighted by atomic mass is 16.2. The third-order valence-corrected chi connectivity index (χ3v) is 3.77. The van der Waals surface area contributed by atoms with Crippen LogP contribution in [0.3, 0.4) is 0 Å². The molecule has 0 aromatic heterocycles. The van der Waals surface area contributed by atoms with Crippen LogP contribution < -0.4 is 16.0 Å². The molecule has 0 radical (unpaired) electrons. The van der Waals surface area contributed by atoms with E-state index in [2.05, 4.69) is 16.0 Å². The molecule has 1 aliphatic rings. The Hall–Kier alpha value is -2.90. The minimum atomic E-state index is -0.577. The summed E-state index contributed by atoms with van der Waals surface area (Å²) in [7, 11) is 1.53. The maximum atomic E-state index is 12.2. The van der Waals surface area contributed by atoms with Crippen LogP contribution in [0.4, 0.5) is 10.5 Å². The van der Waals surface area contributed by atoms with Crippen molar-refractivity contribution in [1.29, 1.82) is 0 Å². The van der Waals surface area contributed by atoms with E-state index in [0.29, 0.717) is 17.7 Å². The van der Waals surface area contributed by atoms with Gasteiger partial charge in [-0.2, -0.15) is 0 Å². The summed E-state index contributed by atoms with van der Waals surface area (Å²) in [5.74, 6) is -0.847. The molecule has 1 saturated heterocycles. The molecule has 1 aromatic rings. The van der Waals surface area contributed by atoms with Crippen molar-refractivity contribution in [1.82, 2.24) is 15.5 Å². The van der Waals surface area contributed by atoms with Crippen LogP contribution in [0.5, 0.6) is 0 Å². The number of anilines is 1. The Bertz CT molecular complexity index is 684. The van der Waals surface area contributed by atoms with E-state index in [-0.39, 0.29) is 24.3 Å². The number of hydrogen-bond donors (Lipinski definition) is 3. The molecule has 3 N–H and O–H groups in total. The van der Waals surface area contributed by atoms with Crippen LogP contribution in [-0.4, -0.2) is 48.3 Å². The first kappa shape index (κ1) is 18.4. The normalized spacial score (nSPS) is 16.8. The fraction of sp³-hybridized carbons (Fsp3) is 0.412. The van der Waals surface area contributed by atoms with E-state index in [1.807, 2.05) is 13.8 Å². The molecule has 1 heterocycles. The van der Waals surface area contributed by atoms with Crippen LogP contribution in [0.2, 0.25) is 0 Å². The zero-order valence-electron chi connectivity index (χ0n) is 14.5. The van der Waals surface area contributed by atoms with E-state index in [0.717, 1.165) is 4.90 Å². The maximum Gasteiger partial charge on any atom is 0.325 e. The van der Waals surface area contributed by atoms with Crippen molar-refractivity contribution in [3.05, 3.63) is 29.8 Å². The van der Waals surface area contributed by atoms with E-state index < -0.39 is 18.0 Å². The first-order valence-electron chi connectivity index (χ1n) is 8.05. The molecule has 5 amide bonds. The van der Waals surface area contributed by atoms with Crippen LogP contribution in [-0.2, 0) is 9.59 Å². The van der Waals surface area contributed by atoms with Gasteiger partial charge in [0, 0.05) is 18.3 Å².